The minimum atomic E-state index is -3.65. The highest BCUT2D eigenvalue weighted by molar-refractivity contribution is 7.89. The van der Waals surface area contributed by atoms with Crippen molar-refractivity contribution in [3.63, 3.8) is 0 Å². The molecule has 0 amide bonds. The molecule has 1 saturated carbocycles. The van der Waals surface area contributed by atoms with Gasteiger partial charge in [-0.25, -0.2) is 18.1 Å². The minimum Gasteiger partial charge on any atom is -0.324 e. The van der Waals surface area contributed by atoms with Crippen molar-refractivity contribution in [3.8, 4) is 0 Å². The molecule has 1 aromatic heterocycles. The Morgan fingerprint density at radius 2 is 2.12 bits per heavy atom. The molecule has 2 rings (SSSR count). The van der Waals surface area contributed by atoms with Gasteiger partial charge in [0.15, 0.2) is 0 Å². The third-order valence-electron chi connectivity index (χ3n) is 3.08. The van der Waals surface area contributed by atoms with E-state index in [-0.39, 0.29) is 10.2 Å². The van der Waals surface area contributed by atoms with Crippen molar-refractivity contribution in [2.24, 2.45) is 13.0 Å². The lowest BCUT2D eigenvalue weighted by atomic mass is 10.0. The molecule has 0 aromatic carbocycles. The molecule has 0 aliphatic heterocycles. The number of aryl methyl sites for hydroxylation is 1. The van der Waals surface area contributed by atoms with Gasteiger partial charge in [-0.1, -0.05) is 11.6 Å². The minimum absolute atomic E-state index is 0.101. The summed E-state index contributed by atoms with van der Waals surface area (Å²) in [5, 5.41) is 0.0273. The van der Waals surface area contributed by atoms with E-state index in [2.05, 4.69) is 9.71 Å². The van der Waals surface area contributed by atoms with Gasteiger partial charge in [0.1, 0.15) is 5.15 Å². The number of sulfonamides is 1. The van der Waals surface area contributed by atoms with Crippen molar-refractivity contribution >= 4 is 21.6 Å². The van der Waals surface area contributed by atoms with Crippen molar-refractivity contribution in [2.45, 2.75) is 37.3 Å². The van der Waals surface area contributed by atoms with Gasteiger partial charge in [-0.05, 0) is 32.6 Å². The van der Waals surface area contributed by atoms with Crippen LogP contribution in [0.1, 0.15) is 26.7 Å². The molecule has 1 N–H and O–H groups in total. The van der Waals surface area contributed by atoms with E-state index in [1.807, 2.05) is 13.8 Å². The van der Waals surface area contributed by atoms with Crippen LogP contribution >= 0.6 is 11.6 Å². The lowest BCUT2D eigenvalue weighted by Gasteiger charge is -2.25. The second-order valence-electron chi connectivity index (χ2n) is 5.05. The SMILES string of the molecule is Cn1cnc(S(=O)(=O)NC(C)(C)C2CC2)c1Cl. The van der Waals surface area contributed by atoms with Crippen LogP contribution in [0.2, 0.25) is 5.15 Å². The molecule has 0 saturated heterocycles. The Hall–Kier alpha value is -0.590. The Bertz CT molecular complexity index is 532. The van der Waals surface area contributed by atoms with E-state index in [1.54, 1.807) is 7.05 Å². The summed E-state index contributed by atoms with van der Waals surface area (Å²) in [6, 6.07) is 0. The van der Waals surface area contributed by atoms with Crippen molar-refractivity contribution in [3.05, 3.63) is 11.5 Å². The summed E-state index contributed by atoms with van der Waals surface area (Å²) in [5.41, 5.74) is -0.445. The van der Waals surface area contributed by atoms with Crippen LogP contribution in [0.15, 0.2) is 11.4 Å². The van der Waals surface area contributed by atoms with Crippen LogP contribution in [0.25, 0.3) is 0 Å². The predicted molar refractivity (Wildman–Crippen MR) is 65.3 cm³/mol. The predicted octanol–water partition coefficient (Wildman–Crippen LogP) is 1.54. The van der Waals surface area contributed by atoms with Gasteiger partial charge in [0, 0.05) is 12.6 Å². The van der Waals surface area contributed by atoms with Gasteiger partial charge in [-0.3, -0.25) is 0 Å². The van der Waals surface area contributed by atoms with Crippen LogP contribution in [0.3, 0.4) is 0 Å². The molecule has 1 fully saturated rings. The van der Waals surface area contributed by atoms with Crippen LogP contribution < -0.4 is 4.72 Å². The summed E-state index contributed by atoms with van der Waals surface area (Å²) in [4.78, 5) is 3.83. The summed E-state index contributed by atoms with van der Waals surface area (Å²) in [5.74, 6) is 0.403. The standard InChI is InChI=1S/C10H16ClN3O2S/c1-10(2,7-4-5-7)13-17(15,16)9-8(11)14(3)6-12-9/h6-7,13H,4-5H2,1-3H3. The first-order valence-corrected chi connectivity index (χ1v) is 7.31. The lowest BCUT2D eigenvalue weighted by Crippen LogP contribution is -2.45. The Labute approximate surface area is 106 Å². The molecule has 1 aliphatic rings. The highest BCUT2D eigenvalue weighted by Gasteiger charge is 2.41. The molecular formula is C10H16ClN3O2S. The van der Waals surface area contributed by atoms with Crippen LogP contribution in [0.5, 0.6) is 0 Å². The highest BCUT2D eigenvalue weighted by atomic mass is 35.5. The van der Waals surface area contributed by atoms with Crippen molar-refractivity contribution < 1.29 is 8.42 Å². The topological polar surface area (TPSA) is 64.0 Å². The van der Waals surface area contributed by atoms with Gasteiger partial charge in [0.25, 0.3) is 10.0 Å². The van der Waals surface area contributed by atoms with Crippen molar-refractivity contribution in [1.82, 2.24) is 14.3 Å². The molecule has 96 valence electrons. The molecule has 5 nitrogen and oxygen atoms in total. The van der Waals surface area contributed by atoms with Crippen LogP contribution in [0, 0.1) is 5.92 Å². The average molecular weight is 278 g/mol. The molecule has 1 aliphatic carbocycles. The molecule has 0 radical (unpaired) electrons. The number of hydrogen-bond acceptors (Lipinski definition) is 3. The summed E-state index contributed by atoms with van der Waals surface area (Å²) in [6.45, 7) is 3.78. The molecule has 0 atom stereocenters. The number of nitrogens with zero attached hydrogens (tertiary/aromatic N) is 2. The fourth-order valence-electron chi connectivity index (χ4n) is 1.86. The van der Waals surface area contributed by atoms with Gasteiger partial charge in [0.2, 0.25) is 5.03 Å². The monoisotopic (exact) mass is 277 g/mol. The van der Waals surface area contributed by atoms with Gasteiger partial charge in [-0.2, -0.15) is 0 Å². The number of rotatable bonds is 4. The quantitative estimate of drug-likeness (QED) is 0.908. The number of nitrogens with one attached hydrogen (secondary N) is 1. The lowest BCUT2D eigenvalue weighted by molar-refractivity contribution is 0.400. The first-order chi connectivity index (χ1) is 7.74. The Morgan fingerprint density at radius 1 is 1.53 bits per heavy atom. The first-order valence-electron chi connectivity index (χ1n) is 5.45. The Balaban J connectivity index is 2.28. The van der Waals surface area contributed by atoms with Crippen LogP contribution in [-0.4, -0.2) is 23.5 Å². The maximum Gasteiger partial charge on any atom is 0.261 e. The van der Waals surface area contributed by atoms with E-state index in [4.69, 9.17) is 11.6 Å². The second-order valence-corrected chi connectivity index (χ2v) is 7.01. The Morgan fingerprint density at radius 3 is 2.53 bits per heavy atom. The average Bonchev–Trinajstić information content (AvgIpc) is 2.94. The van der Waals surface area contributed by atoms with E-state index in [9.17, 15) is 8.42 Å². The number of imidazole rings is 1. The zero-order chi connectivity index (χ0) is 12.8. The fourth-order valence-corrected chi connectivity index (χ4v) is 3.76. The molecule has 0 bridgehead atoms. The zero-order valence-corrected chi connectivity index (χ0v) is 11.6. The molecule has 0 spiro atoms. The second kappa shape index (κ2) is 3.96. The fraction of sp³-hybridized carbons (Fsp3) is 0.700. The maximum atomic E-state index is 12.1. The number of hydrogen-bond donors (Lipinski definition) is 1. The van der Waals surface area contributed by atoms with Crippen molar-refractivity contribution in [2.75, 3.05) is 0 Å². The van der Waals surface area contributed by atoms with Crippen molar-refractivity contribution in [1.29, 1.82) is 0 Å². The molecule has 1 aromatic rings. The third kappa shape index (κ3) is 2.48. The first kappa shape index (κ1) is 12.9. The van der Waals surface area contributed by atoms with Gasteiger partial charge < -0.3 is 4.57 Å². The van der Waals surface area contributed by atoms with E-state index < -0.39 is 15.6 Å². The van der Waals surface area contributed by atoms with E-state index in [1.165, 1.54) is 10.9 Å². The van der Waals surface area contributed by atoms with Gasteiger partial charge in [-0.15, -0.1) is 0 Å². The van der Waals surface area contributed by atoms with Crippen LogP contribution in [-0.2, 0) is 17.1 Å². The van der Waals surface area contributed by atoms with Gasteiger partial charge in [0.05, 0.1) is 6.33 Å². The molecule has 17 heavy (non-hydrogen) atoms. The summed E-state index contributed by atoms with van der Waals surface area (Å²) in [7, 11) is -1.99. The summed E-state index contributed by atoms with van der Waals surface area (Å²) >= 11 is 5.90. The van der Waals surface area contributed by atoms with E-state index in [0.717, 1.165) is 12.8 Å². The normalized spacial score (nSPS) is 17.4. The molecule has 0 unspecified atom stereocenters. The Kier molecular flexibility index (Phi) is 3.00. The largest absolute Gasteiger partial charge is 0.324 e. The molecular weight excluding hydrogens is 262 g/mol. The summed E-state index contributed by atoms with van der Waals surface area (Å²) < 4.78 is 28.4. The summed E-state index contributed by atoms with van der Waals surface area (Å²) in [6.07, 6.45) is 3.51. The van der Waals surface area contributed by atoms with E-state index in [0.29, 0.717) is 5.92 Å². The van der Waals surface area contributed by atoms with E-state index >= 15 is 0 Å². The van der Waals surface area contributed by atoms with Gasteiger partial charge >= 0.3 is 0 Å². The number of halogens is 1. The molecule has 7 heteroatoms. The zero-order valence-electron chi connectivity index (χ0n) is 10.1. The third-order valence-corrected chi connectivity index (χ3v) is 5.24. The smallest absolute Gasteiger partial charge is 0.261 e. The number of aromatic nitrogens is 2. The molecule has 1 heterocycles. The van der Waals surface area contributed by atoms with Crippen LogP contribution in [0.4, 0.5) is 0 Å². The highest BCUT2D eigenvalue weighted by Crippen LogP contribution is 2.40. The maximum absolute atomic E-state index is 12.1.